The number of nitrogens with one attached hydrogen (secondary N) is 1. The first-order valence-corrected chi connectivity index (χ1v) is 7.34. The van der Waals surface area contributed by atoms with Gasteiger partial charge in [0.1, 0.15) is 5.92 Å². The Morgan fingerprint density at radius 1 is 1.40 bits per heavy atom. The second-order valence-electron chi connectivity index (χ2n) is 5.29. The van der Waals surface area contributed by atoms with Crippen molar-refractivity contribution in [2.24, 2.45) is 11.8 Å². The second-order valence-corrected chi connectivity index (χ2v) is 5.29. The van der Waals surface area contributed by atoms with E-state index < -0.39 is 11.9 Å². The molecule has 3 atom stereocenters. The molecule has 0 saturated carbocycles. The molecule has 0 aromatic carbocycles. The van der Waals surface area contributed by atoms with Crippen molar-refractivity contribution in [3.63, 3.8) is 0 Å². The summed E-state index contributed by atoms with van der Waals surface area (Å²) in [5.41, 5.74) is 0. The third-order valence-electron chi connectivity index (χ3n) is 3.64. The number of aliphatic carboxylic acids is 1. The number of carbonyl (C=O) groups excluding carboxylic acids is 1. The van der Waals surface area contributed by atoms with E-state index in [2.05, 4.69) is 5.32 Å². The minimum Gasteiger partial charge on any atom is -0.481 e. The van der Waals surface area contributed by atoms with Crippen LogP contribution in [-0.4, -0.2) is 60.8 Å². The highest BCUT2D eigenvalue weighted by Gasteiger charge is 2.40. The van der Waals surface area contributed by atoms with Crippen molar-refractivity contribution >= 4 is 11.9 Å². The molecule has 1 rings (SSSR count). The number of hydrogen-bond acceptors (Lipinski definition) is 4. The molecular weight excluding hydrogens is 260 g/mol. The molecule has 1 heterocycles. The summed E-state index contributed by atoms with van der Waals surface area (Å²) >= 11 is 0. The molecule has 6 nitrogen and oxygen atoms in total. The predicted molar refractivity (Wildman–Crippen MR) is 75.4 cm³/mol. The van der Waals surface area contributed by atoms with E-state index in [1.807, 2.05) is 20.8 Å². The van der Waals surface area contributed by atoms with E-state index in [0.717, 1.165) is 13.0 Å². The van der Waals surface area contributed by atoms with E-state index in [4.69, 9.17) is 4.74 Å². The molecular formula is C14H26N2O4. The van der Waals surface area contributed by atoms with Crippen molar-refractivity contribution in [3.8, 4) is 0 Å². The smallest absolute Gasteiger partial charge is 0.311 e. The monoisotopic (exact) mass is 286 g/mol. The van der Waals surface area contributed by atoms with Gasteiger partial charge in [0.15, 0.2) is 0 Å². The normalized spacial score (nSPS) is 23.6. The fourth-order valence-electron chi connectivity index (χ4n) is 2.50. The van der Waals surface area contributed by atoms with Crippen LogP contribution in [0.3, 0.4) is 0 Å². The Morgan fingerprint density at radius 2 is 2.10 bits per heavy atom. The number of carbonyl (C=O) groups is 2. The van der Waals surface area contributed by atoms with Gasteiger partial charge in [-0.3, -0.25) is 9.59 Å². The summed E-state index contributed by atoms with van der Waals surface area (Å²) in [6.07, 6.45) is 0.808. The molecule has 116 valence electrons. The van der Waals surface area contributed by atoms with Crippen molar-refractivity contribution < 1.29 is 19.4 Å². The Kier molecular flexibility index (Phi) is 6.95. The average molecular weight is 286 g/mol. The fraction of sp³-hybridized carbons (Fsp3) is 0.857. The zero-order valence-electron chi connectivity index (χ0n) is 12.6. The van der Waals surface area contributed by atoms with Gasteiger partial charge in [0.25, 0.3) is 0 Å². The van der Waals surface area contributed by atoms with E-state index in [-0.39, 0.29) is 24.5 Å². The van der Waals surface area contributed by atoms with Gasteiger partial charge in [-0.1, -0.05) is 20.8 Å². The largest absolute Gasteiger partial charge is 0.481 e. The predicted octanol–water partition coefficient (Wildman–Crippen LogP) is 0.570. The SMILES string of the molecule is CCCN(C(=O)C(C)CNCC)C1COCC1C(=O)O. The molecule has 2 N–H and O–H groups in total. The van der Waals surface area contributed by atoms with Crippen LogP contribution in [0, 0.1) is 11.8 Å². The molecule has 1 aliphatic heterocycles. The summed E-state index contributed by atoms with van der Waals surface area (Å²) in [7, 11) is 0. The topological polar surface area (TPSA) is 78.9 Å². The molecule has 0 aromatic rings. The molecule has 20 heavy (non-hydrogen) atoms. The number of rotatable bonds is 8. The molecule has 0 aliphatic carbocycles. The van der Waals surface area contributed by atoms with Gasteiger partial charge in [0, 0.05) is 19.0 Å². The molecule has 0 bridgehead atoms. The zero-order valence-corrected chi connectivity index (χ0v) is 12.6. The molecule has 1 saturated heterocycles. The Bertz CT molecular complexity index is 335. The minimum absolute atomic E-state index is 0.00884. The van der Waals surface area contributed by atoms with Crippen molar-refractivity contribution in [1.82, 2.24) is 10.2 Å². The minimum atomic E-state index is -0.888. The van der Waals surface area contributed by atoms with Crippen molar-refractivity contribution in [2.75, 3.05) is 32.8 Å². The third-order valence-corrected chi connectivity index (χ3v) is 3.64. The lowest BCUT2D eigenvalue weighted by molar-refractivity contribution is -0.146. The van der Waals surface area contributed by atoms with Crippen molar-refractivity contribution in [1.29, 1.82) is 0 Å². The first-order valence-electron chi connectivity index (χ1n) is 7.34. The second kappa shape index (κ2) is 8.21. The highest BCUT2D eigenvalue weighted by molar-refractivity contribution is 5.80. The summed E-state index contributed by atoms with van der Waals surface area (Å²) in [6, 6.07) is -0.343. The lowest BCUT2D eigenvalue weighted by atomic mass is 10.00. The summed E-state index contributed by atoms with van der Waals surface area (Å²) < 4.78 is 5.28. The van der Waals surface area contributed by atoms with Crippen molar-refractivity contribution in [3.05, 3.63) is 0 Å². The van der Waals surface area contributed by atoms with E-state index in [1.165, 1.54) is 0 Å². The lowest BCUT2D eigenvalue weighted by Crippen LogP contribution is -2.50. The summed E-state index contributed by atoms with van der Waals surface area (Å²) in [5, 5.41) is 12.4. The quantitative estimate of drug-likeness (QED) is 0.682. The van der Waals surface area contributed by atoms with E-state index in [1.54, 1.807) is 4.90 Å². The van der Waals surface area contributed by atoms with Gasteiger partial charge in [0.05, 0.1) is 19.3 Å². The molecule has 3 unspecified atom stereocenters. The van der Waals surface area contributed by atoms with Crippen LogP contribution >= 0.6 is 0 Å². The van der Waals surface area contributed by atoms with Crippen LogP contribution in [0.4, 0.5) is 0 Å². The molecule has 6 heteroatoms. The van der Waals surface area contributed by atoms with Crippen LogP contribution in [0.2, 0.25) is 0 Å². The van der Waals surface area contributed by atoms with Gasteiger partial charge in [-0.05, 0) is 13.0 Å². The molecule has 1 fully saturated rings. The molecule has 1 amide bonds. The Labute approximate surface area is 120 Å². The Balaban J connectivity index is 2.76. The summed E-state index contributed by atoms with van der Waals surface area (Å²) in [5.74, 6) is -1.65. The van der Waals surface area contributed by atoms with E-state index in [9.17, 15) is 14.7 Å². The van der Waals surface area contributed by atoms with Crippen molar-refractivity contribution in [2.45, 2.75) is 33.2 Å². The van der Waals surface area contributed by atoms with Gasteiger partial charge in [0.2, 0.25) is 5.91 Å². The van der Waals surface area contributed by atoms with Gasteiger partial charge in [-0.25, -0.2) is 0 Å². The number of carboxylic acids is 1. The number of hydrogen-bond donors (Lipinski definition) is 2. The highest BCUT2D eigenvalue weighted by Crippen LogP contribution is 2.22. The molecule has 0 aromatic heterocycles. The van der Waals surface area contributed by atoms with E-state index >= 15 is 0 Å². The third kappa shape index (κ3) is 4.18. The number of amides is 1. The van der Waals surface area contributed by atoms with Crippen LogP contribution in [0.15, 0.2) is 0 Å². The maximum Gasteiger partial charge on any atom is 0.311 e. The first-order chi connectivity index (χ1) is 9.52. The van der Waals surface area contributed by atoms with Gasteiger partial charge in [-0.2, -0.15) is 0 Å². The van der Waals surface area contributed by atoms with Crippen LogP contribution in [-0.2, 0) is 14.3 Å². The number of carboxylic acid groups (broad SMARTS) is 1. The molecule has 1 aliphatic rings. The Hall–Kier alpha value is -1.14. The average Bonchev–Trinajstić information content (AvgIpc) is 2.90. The van der Waals surface area contributed by atoms with Crippen LogP contribution in [0.5, 0.6) is 0 Å². The highest BCUT2D eigenvalue weighted by atomic mass is 16.5. The van der Waals surface area contributed by atoms with Crippen LogP contribution in [0.1, 0.15) is 27.2 Å². The van der Waals surface area contributed by atoms with Gasteiger partial charge in [-0.15, -0.1) is 0 Å². The maximum atomic E-state index is 12.5. The lowest BCUT2D eigenvalue weighted by Gasteiger charge is -2.32. The van der Waals surface area contributed by atoms with Crippen LogP contribution < -0.4 is 5.32 Å². The maximum absolute atomic E-state index is 12.5. The summed E-state index contributed by atoms with van der Waals surface area (Å²) in [4.78, 5) is 25.5. The summed E-state index contributed by atoms with van der Waals surface area (Å²) in [6.45, 7) is 8.36. The zero-order chi connectivity index (χ0) is 15.1. The first kappa shape index (κ1) is 16.9. The Morgan fingerprint density at radius 3 is 2.65 bits per heavy atom. The standard InChI is InChI=1S/C14H26N2O4/c1-4-6-16(13(17)10(3)7-15-5-2)12-9-20-8-11(12)14(18)19/h10-12,15H,4-9H2,1-3H3,(H,18,19). The number of ether oxygens (including phenoxy) is 1. The number of nitrogens with zero attached hydrogens (tertiary/aromatic N) is 1. The van der Waals surface area contributed by atoms with E-state index in [0.29, 0.717) is 19.7 Å². The fourth-order valence-corrected chi connectivity index (χ4v) is 2.50. The van der Waals surface area contributed by atoms with Gasteiger partial charge >= 0.3 is 5.97 Å². The van der Waals surface area contributed by atoms with Gasteiger partial charge < -0.3 is 20.1 Å². The molecule has 0 spiro atoms. The molecule has 0 radical (unpaired) electrons. The van der Waals surface area contributed by atoms with Crippen LogP contribution in [0.25, 0.3) is 0 Å².